The van der Waals surface area contributed by atoms with Gasteiger partial charge in [0.15, 0.2) is 0 Å². The fourth-order valence-corrected chi connectivity index (χ4v) is 1.48. The van der Waals surface area contributed by atoms with Gasteiger partial charge in [0, 0.05) is 562 Å². The molecule has 21 heteroatoms. The van der Waals surface area contributed by atoms with Crippen LogP contribution >= 0.6 is 0 Å². The van der Waals surface area contributed by atoms with Crippen molar-refractivity contribution in [1.82, 2.24) is 20.3 Å². The minimum atomic E-state index is 0. The van der Waals surface area contributed by atoms with Crippen LogP contribution in [0, 0.1) is 0 Å². The molecule has 0 aromatic carbocycles. The Morgan fingerprint density at radius 1 is 0.571 bits per heavy atom. The number of aromatic nitrogens is 3. The van der Waals surface area contributed by atoms with E-state index < -0.39 is 0 Å². The van der Waals surface area contributed by atoms with E-state index in [1.54, 1.807) is 6.20 Å². The topological polar surface area (TPSA) is 42.7 Å². The summed E-state index contributed by atoms with van der Waals surface area (Å²) in [6.45, 7) is 2.20. The maximum atomic E-state index is 3.98. The summed E-state index contributed by atoms with van der Waals surface area (Å²) in [6, 6.07) is 0.568. The van der Waals surface area contributed by atoms with Gasteiger partial charge >= 0.3 is 0 Å². The van der Waals surface area contributed by atoms with Crippen LogP contribution in [0.3, 0.4) is 0 Å². The second-order valence-electron chi connectivity index (χ2n) is 2.86. The Balaban J connectivity index is -0.00000000605. The van der Waals surface area contributed by atoms with Crippen molar-refractivity contribution in [1.29, 1.82) is 0 Å². The molecule has 2 heterocycles. The van der Waals surface area contributed by atoms with E-state index in [1.165, 1.54) is 12.8 Å². The summed E-state index contributed by atoms with van der Waals surface area (Å²) in [5.74, 6) is 0. The third kappa shape index (κ3) is 59.3. The Labute approximate surface area is 599 Å². The summed E-state index contributed by atoms with van der Waals surface area (Å²) in [6.07, 6.45) is 6.02. The van der Waals surface area contributed by atoms with E-state index in [0.29, 0.717) is 6.04 Å². The molecule has 1 aliphatic heterocycles. The fourth-order valence-electron chi connectivity index (χ4n) is 1.48. The smallest absolute Gasteiger partial charge is 0.0693 e. The van der Waals surface area contributed by atoms with Gasteiger partial charge < -0.3 is 5.32 Å². The van der Waals surface area contributed by atoms with Gasteiger partial charge in [0.25, 0.3) is 0 Å². The quantitative estimate of drug-likeness (QED) is 0.437. The van der Waals surface area contributed by atoms with E-state index in [0.717, 1.165) is 13.1 Å². The van der Waals surface area contributed by atoms with Gasteiger partial charge in [-0.3, -0.25) is 0 Å². The third-order valence-corrected chi connectivity index (χ3v) is 2.12. The molecule has 4 nitrogen and oxygen atoms in total. The Bertz CT molecular complexity index is 227. The first-order valence-corrected chi connectivity index (χ1v) is 4.03. The number of nitrogens with zero attached hydrogens (tertiary/aromatic N) is 3. The van der Waals surface area contributed by atoms with Crippen molar-refractivity contribution in [2.24, 2.45) is 0 Å². The van der Waals surface area contributed by atoms with Crippen LogP contribution in [0.15, 0.2) is 12.4 Å². The molecule has 2 rings (SSSR count). The molecule has 1 aromatic rings. The van der Waals surface area contributed by atoms with E-state index in [2.05, 4.69) is 15.6 Å². The van der Waals surface area contributed by atoms with Crippen LogP contribution in [0.25, 0.3) is 0 Å². The summed E-state index contributed by atoms with van der Waals surface area (Å²) in [7, 11) is 0. The SMILES string of the molecule is [Y].[Y].[Y].[Y].[Y].[Y].[Y].[Y].[Y].[Y].[Y].[Y].[Y].[Y].[Y].[Y].[Y].c1cn(C2CCNCC2)nn1. The Morgan fingerprint density at radius 3 is 1.14 bits per heavy atom. The monoisotopic (exact) mass is 1660 g/mol. The Kier molecular flexibility index (Phi) is 295. The van der Waals surface area contributed by atoms with Gasteiger partial charge in [0.2, 0.25) is 0 Å². The fraction of sp³-hybridized carbons (Fsp3) is 0.714. The standard InChI is InChI=1S/C7H12N4.17Y/c1-3-8-4-2-7(1)11-6-5-9-10-11;;;;;;;;;;;;;;;;;/h5-8H,1-4H2;;;;;;;;;;;;;;;;;. The van der Waals surface area contributed by atoms with Gasteiger partial charge in [-0.25, -0.2) is 4.68 Å². The third-order valence-electron chi connectivity index (χ3n) is 2.12. The van der Waals surface area contributed by atoms with Crippen molar-refractivity contribution in [3.63, 3.8) is 0 Å². The summed E-state index contributed by atoms with van der Waals surface area (Å²) >= 11 is 0. The molecule has 0 unspecified atom stereocenters. The minimum Gasteiger partial charge on any atom is -0.317 e. The van der Waals surface area contributed by atoms with Crippen LogP contribution in [0.5, 0.6) is 0 Å². The van der Waals surface area contributed by atoms with Gasteiger partial charge in [-0.1, -0.05) is 5.21 Å². The molecule has 28 heavy (non-hydrogen) atoms. The van der Waals surface area contributed by atoms with Gasteiger partial charge in [-0.05, 0) is 25.9 Å². The normalized spacial score (nSPS) is 8.00. The number of rotatable bonds is 1. The maximum Gasteiger partial charge on any atom is 0.0693 e. The largest absolute Gasteiger partial charge is 0.317 e. The first kappa shape index (κ1) is 104. The molecule has 0 bridgehead atoms. The summed E-state index contributed by atoms with van der Waals surface area (Å²) < 4.78 is 1.96. The van der Waals surface area contributed by atoms with Gasteiger partial charge in [0.05, 0.1) is 12.2 Å². The molecule has 1 aliphatic rings. The van der Waals surface area contributed by atoms with E-state index in [4.69, 9.17) is 0 Å². The van der Waals surface area contributed by atoms with Crippen LogP contribution in [0.1, 0.15) is 18.9 Å². The van der Waals surface area contributed by atoms with Crippen LogP contribution < -0.4 is 5.32 Å². The number of hydrogen-bond donors (Lipinski definition) is 1. The van der Waals surface area contributed by atoms with Crippen molar-refractivity contribution in [3.8, 4) is 0 Å². The van der Waals surface area contributed by atoms with E-state index >= 15 is 0 Å². The molecule has 17 radical (unpaired) electrons. The zero-order valence-corrected chi connectivity index (χ0v) is 64.5. The van der Waals surface area contributed by atoms with Crippen molar-refractivity contribution >= 4 is 0 Å². The van der Waals surface area contributed by atoms with Gasteiger partial charge in [0.1, 0.15) is 0 Å². The van der Waals surface area contributed by atoms with Crippen molar-refractivity contribution in [2.45, 2.75) is 18.9 Å². The number of piperidine rings is 1. The summed E-state index contributed by atoms with van der Waals surface area (Å²) in [4.78, 5) is 0. The van der Waals surface area contributed by atoms with E-state index in [-0.39, 0.29) is 556 Å². The minimum absolute atomic E-state index is 0. The zero-order valence-electron chi connectivity index (χ0n) is 16.2. The molecular formula is C7H12N4Y17. The molecular weight excluding hydrogens is 1650 g/mol. The second-order valence-corrected chi connectivity index (χ2v) is 2.86. The number of hydrogen-bond acceptors (Lipinski definition) is 3. The molecule has 0 saturated carbocycles. The van der Waals surface area contributed by atoms with Crippen LogP contribution in [-0.4, -0.2) is 28.1 Å². The molecule has 1 fully saturated rings. The maximum absolute atomic E-state index is 3.98. The second kappa shape index (κ2) is 79.9. The summed E-state index contributed by atoms with van der Waals surface area (Å²) in [5, 5.41) is 11.1. The predicted molar refractivity (Wildman–Crippen MR) is 41.2 cm³/mol. The molecule has 0 aliphatic carbocycles. The molecule has 111 valence electrons. The first-order valence-electron chi connectivity index (χ1n) is 4.03. The molecule has 1 aromatic heterocycles. The number of nitrogens with one attached hydrogen (secondary N) is 1. The molecule has 1 N–H and O–H groups in total. The van der Waals surface area contributed by atoms with Crippen LogP contribution in [-0.2, 0) is 556 Å². The van der Waals surface area contributed by atoms with E-state index in [9.17, 15) is 0 Å². The van der Waals surface area contributed by atoms with Crippen molar-refractivity contribution in [3.05, 3.63) is 12.4 Å². The van der Waals surface area contributed by atoms with Gasteiger partial charge in [-0.2, -0.15) is 0 Å². The van der Waals surface area contributed by atoms with Crippen molar-refractivity contribution < 1.29 is 556 Å². The van der Waals surface area contributed by atoms with Crippen LogP contribution in [0.2, 0.25) is 0 Å². The Morgan fingerprint density at radius 2 is 0.893 bits per heavy atom. The average molecular weight is 1660 g/mol. The Hall–Kier alpha value is 17.9. The first-order chi connectivity index (χ1) is 5.47. The molecule has 1 saturated heterocycles. The van der Waals surface area contributed by atoms with Crippen molar-refractivity contribution in [2.75, 3.05) is 13.1 Å². The predicted octanol–water partition coefficient (Wildman–Crippen LogP) is 0.160. The average Bonchev–Trinajstić information content (AvgIpc) is 2.58. The van der Waals surface area contributed by atoms with Crippen LogP contribution in [0.4, 0.5) is 0 Å². The zero-order chi connectivity index (χ0) is 7.52. The molecule has 0 amide bonds. The molecule has 0 spiro atoms. The van der Waals surface area contributed by atoms with Gasteiger partial charge in [-0.15, -0.1) is 5.10 Å². The molecule has 0 atom stereocenters. The van der Waals surface area contributed by atoms with E-state index in [1.807, 2.05) is 10.9 Å². The summed E-state index contributed by atoms with van der Waals surface area (Å²) in [5.41, 5.74) is 0.